The van der Waals surface area contributed by atoms with Crippen molar-refractivity contribution < 1.29 is 9.90 Å². The highest BCUT2D eigenvalue weighted by molar-refractivity contribution is 5.98. The number of hydrogen-bond donors (Lipinski definition) is 1. The van der Waals surface area contributed by atoms with E-state index in [9.17, 15) is 4.79 Å². The monoisotopic (exact) mass is 136 g/mol. The van der Waals surface area contributed by atoms with Gasteiger partial charge in [0, 0.05) is 18.4 Å². The van der Waals surface area contributed by atoms with E-state index >= 15 is 0 Å². The number of ketones is 1. The first kappa shape index (κ1) is 7.04. The second-order valence-electron chi connectivity index (χ2n) is 2.27. The van der Waals surface area contributed by atoms with Gasteiger partial charge in [0.15, 0.2) is 5.78 Å². The fourth-order valence-electron chi connectivity index (χ4n) is 0.973. The maximum Gasteiger partial charge on any atom is 0.162 e. The Morgan fingerprint density at radius 2 is 2.60 bits per heavy atom. The fourth-order valence-corrected chi connectivity index (χ4v) is 0.973. The van der Waals surface area contributed by atoms with Crippen LogP contribution in [-0.2, 0) is 4.79 Å². The van der Waals surface area contributed by atoms with E-state index in [2.05, 4.69) is 5.92 Å². The highest BCUT2D eigenvalue weighted by Crippen LogP contribution is 2.16. The van der Waals surface area contributed by atoms with E-state index < -0.39 is 6.10 Å². The van der Waals surface area contributed by atoms with Crippen LogP contribution >= 0.6 is 0 Å². The van der Waals surface area contributed by atoms with Gasteiger partial charge in [-0.1, -0.05) is 0 Å². The maximum absolute atomic E-state index is 10.9. The molecule has 0 fully saturated rings. The molecule has 52 valence electrons. The van der Waals surface area contributed by atoms with Crippen molar-refractivity contribution in [1.29, 1.82) is 0 Å². The molecule has 10 heavy (non-hydrogen) atoms. The van der Waals surface area contributed by atoms with Gasteiger partial charge >= 0.3 is 0 Å². The van der Waals surface area contributed by atoms with Gasteiger partial charge in [-0.15, -0.1) is 12.3 Å². The zero-order valence-corrected chi connectivity index (χ0v) is 5.50. The molecule has 1 unspecified atom stereocenters. The lowest BCUT2D eigenvalue weighted by atomic mass is 10.1. The summed E-state index contributed by atoms with van der Waals surface area (Å²) >= 11 is 0. The lowest BCUT2D eigenvalue weighted by molar-refractivity contribution is -0.115. The minimum atomic E-state index is -0.601. The van der Waals surface area contributed by atoms with Crippen LogP contribution in [0.5, 0.6) is 0 Å². The molecule has 0 saturated heterocycles. The molecule has 0 aromatic heterocycles. The van der Waals surface area contributed by atoms with Crippen LogP contribution in [-0.4, -0.2) is 17.0 Å². The van der Waals surface area contributed by atoms with Crippen molar-refractivity contribution in [1.82, 2.24) is 0 Å². The van der Waals surface area contributed by atoms with Crippen LogP contribution in [0, 0.1) is 12.3 Å². The van der Waals surface area contributed by atoms with E-state index in [1.54, 1.807) is 0 Å². The van der Waals surface area contributed by atoms with Gasteiger partial charge in [0.25, 0.3) is 0 Å². The van der Waals surface area contributed by atoms with Crippen molar-refractivity contribution >= 4 is 5.78 Å². The molecule has 1 aliphatic rings. The Morgan fingerprint density at radius 3 is 3.00 bits per heavy atom. The molecular weight excluding hydrogens is 128 g/mol. The third-order valence-electron chi connectivity index (χ3n) is 1.44. The third-order valence-corrected chi connectivity index (χ3v) is 1.44. The molecule has 1 atom stereocenters. The molecule has 1 N–H and O–H groups in total. The second-order valence-corrected chi connectivity index (χ2v) is 2.27. The highest BCUT2D eigenvalue weighted by Gasteiger charge is 2.20. The number of aliphatic hydroxyl groups is 1. The minimum Gasteiger partial charge on any atom is -0.389 e. The van der Waals surface area contributed by atoms with Crippen LogP contribution in [0.2, 0.25) is 0 Å². The molecule has 0 saturated carbocycles. The first-order chi connectivity index (χ1) is 4.74. The van der Waals surface area contributed by atoms with Gasteiger partial charge in [-0.2, -0.15) is 0 Å². The Hall–Kier alpha value is -1.07. The van der Waals surface area contributed by atoms with Gasteiger partial charge in [-0.25, -0.2) is 0 Å². The summed E-state index contributed by atoms with van der Waals surface area (Å²) in [6, 6.07) is 0. The maximum atomic E-state index is 10.9. The topological polar surface area (TPSA) is 37.3 Å². The molecule has 1 aliphatic carbocycles. The summed E-state index contributed by atoms with van der Waals surface area (Å²) in [5, 5.41) is 8.93. The molecular formula is C8H8O2. The third kappa shape index (κ3) is 1.26. The van der Waals surface area contributed by atoms with E-state index in [0.717, 1.165) is 0 Å². The van der Waals surface area contributed by atoms with Crippen LogP contribution < -0.4 is 0 Å². The van der Waals surface area contributed by atoms with E-state index in [0.29, 0.717) is 12.0 Å². The highest BCUT2D eigenvalue weighted by atomic mass is 16.3. The Labute approximate surface area is 59.6 Å². The van der Waals surface area contributed by atoms with Crippen LogP contribution in [0.25, 0.3) is 0 Å². The molecule has 0 spiro atoms. The van der Waals surface area contributed by atoms with E-state index in [4.69, 9.17) is 11.5 Å². The van der Waals surface area contributed by atoms with Gasteiger partial charge < -0.3 is 5.11 Å². The van der Waals surface area contributed by atoms with Gasteiger partial charge in [-0.3, -0.25) is 4.79 Å². The molecule has 2 heteroatoms. The zero-order valence-electron chi connectivity index (χ0n) is 5.50. The van der Waals surface area contributed by atoms with Crippen molar-refractivity contribution in [3.05, 3.63) is 11.6 Å². The average Bonchev–Trinajstić information content (AvgIpc) is 2.13. The predicted octanol–water partition coefficient (Wildman–Crippen LogP) is 0.270. The number of allylic oxidation sites excluding steroid dienone is 1. The summed E-state index contributed by atoms with van der Waals surface area (Å²) in [5.41, 5.74) is 0.579. The van der Waals surface area contributed by atoms with Gasteiger partial charge in [0.05, 0.1) is 6.10 Å². The SMILES string of the molecule is C#CCC1=CC(O)CC1=O. The molecule has 0 aliphatic heterocycles. The summed E-state index contributed by atoms with van der Waals surface area (Å²) < 4.78 is 0. The molecule has 0 bridgehead atoms. The number of carbonyl (C=O) groups is 1. The lowest BCUT2D eigenvalue weighted by Gasteiger charge is -1.89. The minimum absolute atomic E-state index is 0.0227. The van der Waals surface area contributed by atoms with Crippen molar-refractivity contribution in [3.63, 3.8) is 0 Å². The lowest BCUT2D eigenvalue weighted by Crippen LogP contribution is -2.00. The molecule has 0 aromatic carbocycles. The first-order valence-corrected chi connectivity index (χ1v) is 3.09. The standard InChI is InChI=1S/C8H8O2/c1-2-3-6-4-7(9)5-8(6)10/h1,4,7,9H,3,5H2. The smallest absolute Gasteiger partial charge is 0.162 e. The molecule has 0 amide bonds. The van der Waals surface area contributed by atoms with E-state index in [1.807, 2.05) is 0 Å². The summed E-state index contributed by atoms with van der Waals surface area (Å²) in [6.45, 7) is 0. The largest absolute Gasteiger partial charge is 0.389 e. The Balaban J connectivity index is 2.68. The van der Waals surface area contributed by atoms with Gasteiger partial charge in [0.1, 0.15) is 0 Å². The van der Waals surface area contributed by atoms with Crippen molar-refractivity contribution in [2.75, 3.05) is 0 Å². The van der Waals surface area contributed by atoms with Gasteiger partial charge in [0.2, 0.25) is 0 Å². The molecule has 0 heterocycles. The van der Waals surface area contributed by atoms with Crippen molar-refractivity contribution in [2.45, 2.75) is 18.9 Å². The average molecular weight is 136 g/mol. The molecule has 0 radical (unpaired) electrons. The summed E-state index contributed by atoms with van der Waals surface area (Å²) in [5.74, 6) is 2.34. The number of carbonyl (C=O) groups excluding carboxylic acids is 1. The van der Waals surface area contributed by atoms with Crippen LogP contribution in [0.15, 0.2) is 11.6 Å². The van der Waals surface area contributed by atoms with Crippen molar-refractivity contribution in [2.24, 2.45) is 0 Å². The number of Topliss-reactive ketones (excluding diaryl/α,β-unsaturated/α-hetero) is 1. The Morgan fingerprint density at radius 1 is 1.90 bits per heavy atom. The number of rotatable bonds is 1. The van der Waals surface area contributed by atoms with Crippen LogP contribution in [0.3, 0.4) is 0 Å². The summed E-state index contributed by atoms with van der Waals surface area (Å²) in [4.78, 5) is 10.9. The predicted molar refractivity (Wildman–Crippen MR) is 37.2 cm³/mol. The van der Waals surface area contributed by atoms with E-state index in [-0.39, 0.29) is 12.2 Å². The molecule has 0 aromatic rings. The number of terminal acetylenes is 1. The van der Waals surface area contributed by atoms with E-state index in [1.165, 1.54) is 6.08 Å². The van der Waals surface area contributed by atoms with Crippen molar-refractivity contribution in [3.8, 4) is 12.3 Å². The number of aliphatic hydroxyl groups excluding tert-OH is 1. The quantitative estimate of drug-likeness (QED) is 0.525. The molecule has 2 nitrogen and oxygen atoms in total. The molecule has 1 rings (SSSR count). The first-order valence-electron chi connectivity index (χ1n) is 3.09. The normalized spacial score (nSPS) is 24.2. The second kappa shape index (κ2) is 2.68. The van der Waals surface area contributed by atoms with Crippen LogP contribution in [0.1, 0.15) is 12.8 Å². The summed E-state index contributed by atoms with van der Waals surface area (Å²) in [7, 11) is 0. The fraction of sp³-hybridized carbons (Fsp3) is 0.375. The number of hydrogen-bond acceptors (Lipinski definition) is 2. The van der Waals surface area contributed by atoms with Gasteiger partial charge in [-0.05, 0) is 6.08 Å². The summed E-state index contributed by atoms with van der Waals surface area (Å²) in [6.07, 6.45) is 6.47. The zero-order chi connectivity index (χ0) is 7.56. The Bertz CT molecular complexity index is 220. The van der Waals surface area contributed by atoms with Crippen LogP contribution in [0.4, 0.5) is 0 Å². The Kier molecular flexibility index (Phi) is 1.88.